The summed E-state index contributed by atoms with van der Waals surface area (Å²) in [5.74, 6) is 0.455. The second-order valence-corrected chi connectivity index (χ2v) is 6.26. The molecule has 0 saturated carbocycles. The van der Waals surface area contributed by atoms with Gasteiger partial charge in [0.25, 0.3) is 5.91 Å². The summed E-state index contributed by atoms with van der Waals surface area (Å²) >= 11 is 0. The minimum Gasteiger partial charge on any atom is -0.362 e. The zero-order valence-corrected chi connectivity index (χ0v) is 13.1. The van der Waals surface area contributed by atoms with Gasteiger partial charge < -0.3 is 10.6 Å². The van der Waals surface area contributed by atoms with Crippen LogP contribution in [0.1, 0.15) is 47.9 Å². The van der Waals surface area contributed by atoms with Gasteiger partial charge in [-0.25, -0.2) is 0 Å². The number of fused-ring (bicyclic) bond motifs is 1. The van der Waals surface area contributed by atoms with Gasteiger partial charge in [-0.05, 0) is 35.1 Å². The first-order chi connectivity index (χ1) is 10.5. The van der Waals surface area contributed by atoms with Gasteiger partial charge in [-0.1, -0.05) is 38.1 Å². The standard InChI is InChI=1S/C17H20N4O/c1-17(2)10-14(11-6-4-5-7-12(11)17)19-15-9-8-13(20-21-15)16(22)18-3/h4-9,14H,10H2,1-3H3,(H,18,22)(H,19,21). The fourth-order valence-electron chi connectivity index (χ4n) is 3.11. The molecule has 1 amide bonds. The summed E-state index contributed by atoms with van der Waals surface area (Å²) in [6, 6.07) is 12.2. The van der Waals surface area contributed by atoms with Gasteiger partial charge in [-0.15, -0.1) is 10.2 Å². The fourth-order valence-corrected chi connectivity index (χ4v) is 3.11. The molecule has 0 saturated heterocycles. The Labute approximate surface area is 130 Å². The van der Waals surface area contributed by atoms with E-state index in [1.807, 2.05) is 0 Å². The summed E-state index contributed by atoms with van der Waals surface area (Å²) < 4.78 is 0. The highest BCUT2D eigenvalue weighted by Gasteiger charge is 2.36. The Kier molecular flexibility index (Phi) is 3.56. The minimum absolute atomic E-state index is 0.143. The first-order valence-corrected chi connectivity index (χ1v) is 7.43. The van der Waals surface area contributed by atoms with Crippen molar-refractivity contribution in [3.8, 4) is 0 Å². The molecule has 1 unspecified atom stereocenters. The lowest BCUT2D eigenvalue weighted by atomic mass is 9.86. The first-order valence-electron chi connectivity index (χ1n) is 7.43. The van der Waals surface area contributed by atoms with Crippen molar-refractivity contribution in [2.24, 2.45) is 0 Å². The van der Waals surface area contributed by atoms with Crippen LogP contribution in [0.15, 0.2) is 36.4 Å². The molecule has 22 heavy (non-hydrogen) atoms. The number of amides is 1. The molecular weight excluding hydrogens is 276 g/mol. The normalized spacial score (nSPS) is 18.6. The maximum absolute atomic E-state index is 11.5. The molecule has 1 aromatic heterocycles. The van der Waals surface area contributed by atoms with Gasteiger partial charge in [0.1, 0.15) is 5.82 Å². The second kappa shape index (κ2) is 5.40. The monoisotopic (exact) mass is 296 g/mol. The highest BCUT2D eigenvalue weighted by molar-refractivity contribution is 5.91. The SMILES string of the molecule is CNC(=O)c1ccc(NC2CC(C)(C)c3ccccc32)nn1. The number of nitrogens with one attached hydrogen (secondary N) is 2. The number of rotatable bonds is 3. The third kappa shape index (κ3) is 2.54. The maximum Gasteiger partial charge on any atom is 0.271 e. The second-order valence-electron chi connectivity index (χ2n) is 6.26. The van der Waals surface area contributed by atoms with Crippen LogP contribution in [0, 0.1) is 0 Å². The van der Waals surface area contributed by atoms with E-state index in [2.05, 4.69) is 58.9 Å². The largest absolute Gasteiger partial charge is 0.362 e. The molecule has 0 aliphatic heterocycles. The first kappa shape index (κ1) is 14.5. The minimum atomic E-state index is -0.230. The van der Waals surface area contributed by atoms with Gasteiger partial charge in [0, 0.05) is 7.05 Å². The highest BCUT2D eigenvalue weighted by Crippen LogP contribution is 2.45. The van der Waals surface area contributed by atoms with Crippen LogP contribution in [0.5, 0.6) is 0 Å². The predicted octanol–water partition coefficient (Wildman–Crippen LogP) is 2.67. The molecular formula is C17H20N4O. The molecule has 0 fully saturated rings. The van der Waals surface area contributed by atoms with Gasteiger partial charge in [-0.2, -0.15) is 0 Å². The smallest absolute Gasteiger partial charge is 0.271 e. The topological polar surface area (TPSA) is 66.9 Å². The molecule has 2 N–H and O–H groups in total. The van der Waals surface area contributed by atoms with E-state index < -0.39 is 0 Å². The lowest BCUT2D eigenvalue weighted by molar-refractivity contribution is 0.0957. The van der Waals surface area contributed by atoms with E-state index in [0.29, 0.717) is 11.5 Å². The van der Waals surface area contributed by atoms with E-state index in [9.17, 15) is 4.79 Å². The number of hydrogen-bond acceptors (Lipinski definition) is 4. The van der Waals surface area contributed by atoms with Crippen LogP contribution in [0.3, 0.4) is 0 Å². The number of carbonyl (C=O) groups excluding carboxylic acids is 1. The van der Waals surface area contributed by atoms with Crippen LogP contribution in [0.25, 0.3) is 0 Å². The molecule has 1 heterocycles. The van der Waals surface area contributed by atoms with Crippen molar-refractivity contribution < 1.29 is 4.79 Å². The zero-order valence-electron chi connectivity index (χ0n) is 13.1. The number of nitrogens with zero attached hydrogens (tertiary/aromatic N) is 2. The van der Waals surface area contributed by atoms with Crippen LogP contribution in [-0.2, 0) is 5.41 Å². The Bertz CT molecular complexity index is 694. The van der Waals surface area contributed by atoms with E-state index in [1.165, 1.54) is 11.1 Å². The molecule has 114 valence electrons. The Morgan fingerprint density at radius 2 is 1.95 bits per heavy atom. The Morgan fingerprint density at radius 1 is 1.18 bits per heavy atom. The number of carbonyl (C=O) groups is 1. The molecule has 3 rings (SSSR count). The van der Waals surface area contributed by atoms with Gasteiger partial charge >= 0.3 is 0 Å². The summed E-state index contributed by atoms with van der Waals surface area (Å²) in [6.45, 7) is 4.52. The average molecular weight is 296 g/mol. The molecule has 5 heteroatoms. The predicted molar refractivity (Wildman–Crippen MR) is 85.9 cm³/mol. The van der Waals surface area contributed by atoms with Crippen molar-refractivity contribution in [2.45, 2.75) is 31.7 Å². The van der Waals surface area contributed by atoms with Crippen LogP contribution < -0.4 is 10.6 Å². The van der Waals surface area contributed by atoms with Crippen LogP contribution in [-0.4, -0.2) is 23.2 Å². The lowest BCUT2D eigenvalue weighted by Crippen LogP contribution is -2.20. The average Bonchev–Trinajstić information content (AvgIpc) is 2.79. The number of anilines is 1. The van der Waals surface area contributed by atoms with Crippen LogP contribution in [0.2, 0.25) is 0 Å². The Balaban J connectivity index is 1.81. The maximum atomic E-state index is 11.5. The fraction of sp³-hybridized carbons (Fsp3) is 0.353. The van der Waals surface area contributed by atoms with Gasteiger partial charge in [0.15, 0.2) is 5.69 Å². The molecule has 5 nitrogen and oxygen atoms in total. The van der Waals surface area contributed by atoms with Gasteiger partial charge in [0.05, 0.1) is 6.04 Å². The molecule has 1 aliphatic rings. The van der Waals surface area contributed by atoms with Crippen molar-refractivity contribution in [1.82, 2.24) is 15.5 Å². The summed E-state index contributed by atoms with van der Waals surface area (Å²) in [5, 5.41) is 14.0. The zero-order chi connectivity index (χ0) is 15.7. The van der Waals surface area contributed by atoms with E-state index in [-0.39, 0.29) is 17.4 Å². The summed E-state index contributed by atoms with van der Waals surface area (Å²) in [4.78, 5) is 11.5. The summed E-state index contributed by atoms with van der Waals surface area (Å²) in [7, 11) is 1.58. The van der Waals surface area contributed by atoms with Gasteiger partial charge in [-0.3, -0.25) is 4.79 Å². The van der Waals surface area contributed by atoms with Crippen LogP contribution >= 0.6 is 0 Å². The van der Waals surface area contributed by atoms with Crippen molar-refractivity contribution in [3.63, 3.8) is 0 Å². The van der Waals surface area contributed by atoms with Crippen molar-refractivity contribution in [2.75, 3.05) is 12.4 Å². The molecule has 1 aliphatic carbocycles. The van der Waals surface area contributed by atoms with E-state index >= 15 is 0 Å². The summed E-state index contributed by atoms with van der Waals surface area (Å²) in [6.07, 6.45) is 1.01. The van der Waals surface area contributed by atoms with E-state index in [0.717, 1.165) is 6.42 Å². The lowest BCUT2D eigenvalue weighted by Gasteiger charge is -2.19. The Hall–Kier alpha value is -2.43. The quantitative estimate of drug-likeness (QED) is 0.914. The third-order valence-electron chi connectivity index (χ3n) is 4.23. The molecule has 1 atom stereocenters. The van der Waals surface area contributed by atoms with E-state index in [4.69, 9.17) is 0 Å². The number of aromatic nitrogens is 2. The molecule has 0 spiro atoms. The Morgan fingerprint density at radius 3 is 2.64 bits per heavy atom. The molecule has 1 aromatic carbocycles. The van der Waals surface area contributed by atoms with Crippen molar-refractivity contribution in [1.29, 1.82) is 0 Å². The van der Waals surface area contributed by atoms with Crippen molar-refractivity contribution >= 4 is 11.7 Å². The van der Waals surface area contributed by atoms with Crippen LogP contribution in [0.4, 0.5) is 5.82 Å². The number of benzene rings is 1. The summed E-state index contributed by atoms with van der Waals surface area (Å²) in [5.41, 5.74) is 3.15. The highest BCUT2D eigenvalue weighted by atomic mass is 16.1. The third-order valence-corrected chi connectivity index (χ3v) is 4.23. The van der Waals surface area contributed by atoms with Crippen molar-refractivity contribution in [3.05, 3.63) is 53.2 Å². The molecule has 2 aromatic rings. The van der Waals surface area contributed by atoms with E-state index in [1.54, 1.807) is 19.2 Å². The van der Waals surface area contributed by atoms with Gasteiger partial charge in [0.2, 0.25) is 0 Å². The molecule has 0 bridgehead atoms. The molecule has 0 radical (unpaired) electrons. The number of hydrogen-bond donors (Lipinski definition) is 2.